The summed E-state index contributed by atoms with van der Waals surface area (Å²) in [7, 11) is 3.12. The van der Waals surface area contributed by atoms with Crippen LogP contribution in [0, 0.1) is 0 Å². The number of anilines is 2. The second kappa shape index (κ2) is 6.65. The third-order valence-electron chi connectivity index (χ3n) is 3.03. The van der Waals surface area contributed by atoms with E-state index in [9.17, 15) is 4.79 Å². The molecule has 0 aromatic heterocycles. The van der Waals surface area contributed by atoms with Crippen molar-refractivity contribution in [2.75, 3.05) is 25.3 Å². The van der Waals surface area contributed by atoms with Crippen LogP contribution in [0.1, 0.15) is 5.56 Å². The Labute approximate surface area is 123 Å². The highest BCUT2D eigenvalue weighted by molar-refractivity contribution is 5.94. The van der Waals surface area contributed by atoms with Crippen molar-refractivity contribution in [3.63, 3.8) is 0 Å². The van der Waals surface area contributed by atoms with Gasteiger partial charge in [0, 0.05) is 11.8 Å². The van der Waals surface area contributed by atoms with Gasteiger partial charge in [0.05, 0.1) is 26.3 Å². The maximum absolute atomic E-state index is 12.1. The maximum atomic E-state index is 12.1. The van der Waals surface area contributed by atoms with Gasteiger partial charge in [-0.25, -0.2) is 0 Å². The lowest BCUT2D eigenvalue weighted by molar-refractivity contribution is -0.115. The van der Waals surface area contributed by atoms with Crippen LogP contribution in [0.5, 0.6) is 11.5 Å². The molecule has 0 atom stereocenters. The zero-order valence-corrected chi connectivity index (χ0v) is 12.1. The predicted octanol–water partition coefficient (Wildman–Crippen LogP) is 2.47. The minimum atomic E-state index is -0.133. The van der Waals surface area contributed by atoms with Gasteiger partial charge in [-0.1, -0.05) is 12.1 Å². The summed E-state index contributed by atoms with van der Waals surface area (Å²) in [5.41, 5.74) is 7.77. The number of methoxy groups -OCH3 is 2. The van der Waals surface area contributed by atoms with E-state index in [1.54, 1.807) is 44.6 Å². The fraction of sp³-hybridized carbons (Fsp3) is 0.188. The van der Waals surface area contributed by atoms with Crippen molar-refractivity contribution in [1.29, 1.82) is 0 Å². The molecule has 2 rings (SSSR count). The topological polar surface area (TPSA) is 73.6 Å². The molecular weight excluding hydrogens is 268 g/mol. The van der Waals surface area contributed by atoms with Gasteiger partial charge in [-0.3, -0.25) is 4.79 Å². The van der Waals surface area contributed by atoms with E-state index in [-0.39, 0.29) is 12.3 Å². The van der Waals surface area contributed by atoms with Gasteiger partial charge in [0.25, 0.3) is 0 Å². The molecule has 5 heteroatoms. The zero-order valence-electron chi connectivity index (χ0n) is 12.1. The van der Waals surface area contributed by atoms with Crippen LogP contribution in [0.15, 0.2) is 42.5 Å². The SMILES string of the molecule is COc1ccc(OC)c(NC(=O)Cc2ccc(N)cc2)c1. The standard InChI is InChI=1S/C16H18N2O3/c1-20-13-7-8-15(21-2)14(10-13)18-16(19)9-11-3-5-12(17)6-4-11/h3-8,10H,9,17H2,1-2H3,(H,18,19). The molecule has 2 aromatic rings. The Balaban J connectivity index is 2.09. The first kappa shape index (κ1) is 14.7. The van der Waals surface area contributed by atoms with Crippen LogP contribution >= 0.6 is 0 Å². The molecular formula is C16H18N2O3. The Morgan fingerprint density at radius 2 is 1.81 bits per heavy atom. The minimum absolute atomic E-state index is 0.133. The van der Waals surface area contributed by atoms with Gasteiger partial charge < -0.3 is 20.5 Å². The molecule has 0 bridgehead atoms. The van der Waals surface area contributed by atoms with Gasteiger partial charge in [0.15, 0.2) is 0 Å². The van der Waals surface area contributed by atoms with E-state index < -0.39 is 0 Å². The quantitative estimate of drug-likeness (QED) is 0.828. The summed E-state index contributed by atoms with van der Waals surface area (Å²) in [5, 5.41) is 2.82. The van der Waals surface area contributed by atoms with Crippen molar-refractivity contribution in [2.45, 2.75) is 6.42 Å². The highest BCUT2D eigenvalue weighted by atomic mass is 16.5. The smallest absolute Gasteiger partial charge is 0.228 e. The molecule has 0 radical (unpaired) electrons. The average Bonchev–Trinajstić information content (AvgIpc) is 2.49. The lowest BCUT2D eigenvalue weighted by Gasteiger charge is -2.11. The van der Waals surface area contributed by atoms with E-state index in [0.29, 0.717) is 22.9 Å². The molecule has 21 heavy (non-hydrogen) atoms. The van der Waals surface area contributed by atoms with Crippen molar-refractivity contribution < 1.29 is 14.3 Å². The van der Waals surface area contributed by atoms with Gasteiger partial charge in [0.1, 0.15) is 11.5 Å². The predicted molar refractivity (Wildman–Crippen MR) is 82.7 cm³/mol. The fourth-order valence-electron chi connectivity index (χ4n) is 1.93. The Morgan fingerprint density at radius 1 is 1.10 bits per heavy atom. The molecule has 110 valence electrons. The van der Waals surface area contributed by atoms with Crippen molar-refractivity contribution in [3.05, 3.63) is 48.0 Å². The molecule has 0 unspecified atom stereocenters. The van der Waals surface area contributed by atoms with E-state index >= 15 is 0 Å². The first-order valence-electron chi connectivity index (χ1n) is 6.48. The molecule has 0 saturated heterocycles. The molecule has 0 aliphatic carbocycles. The highest BCUT2D eigenvalue weighted by Gasteiger charge is 2.09. The lowest BCUT2D eigenvalue weighted by Crippen LogP contribution is -2.15. The third-order valence-corrected chi connectivity index (χ3v) is 3.03. The van der Waals surface area contributed by atoms with E-state index in [1.165, 1.54) is 0 Å². The molecule has 3 N–H and O–H groups in total. The fourth-order valence-corrected chi connectivity index (χ4v) is 1.93. The molecule has 2 aromatic carbocycles. The number of benzene rings is 2. The van der Waals surface area contributed by atoms with Crippen molar-refractivity contribution >= 4 is 17.3 Å². The van der Waals surface area contributed by atoms with Gasteiger partial charge in [0.2, 0.25) is 5.91 Å². The number of amides is 1. The van der Waals surface area contributed by atoms with Gasteiger partial charge in [-0.15, -0.1) is 0 Å². The van der Waals surface area contributed by atoms with Crippen molar-refractivity contribution in [1.82, 2.24) is 0 Å². The Bertz CT molecular complexity index is 624. The summed E-state index contributed by atoms with van der Waals surface area (Å²) in [5.74, 6) is 1.10. The number of nitrogens with one attached hydrogen (secondary N) is 1. The van der Waals surface area contributed by atoms with Crippen LogP contribution < -0.4 is 20.5 Å². The van der Waals surface area contributed by atoms with Gasteiger partial charge in [-0.05, 0) is 29.8 Å². The number of hydrogen-bond donors (Lipinski definition) is 2. The lowest BCUT2D eigenvalue weighted by atomic mass is 10.1. The number of nitrogen functional groups attached to an aromatic ring is 1. The average molecular weight is 286 g/mol. The summed E-state index contributed by atoms with van der Waals surface area (Å²) in [6.45, 7) is 0. The summed E-state index contributed by atoms with van der Waals surface area (Å²) < 4.78 is 10.4. The molecule has 0 aliphatic rings. The summed E-state index contributed by atoms with van der Waals surface area (Å²) in [6, 6.07) is 12.4. The van der Waals surface area contributed by atoms with Crippen LogP contribution in [-0.4, -0.2) is 20.1 Å². The number of nitrogens with two attached hydrogens (primary N) is 1. The molecule has 0 saturated carbocycles. The van der Waals surface area contributed by atoms with Crippen molar-refractivity contribution in [2.24, 2.45) is 0 Å². The zero-order chi connectivity index (χ0) is 15.2. The number of carbonyl (C=O) groups excluding carboxylic acids is 1. The highest BCUT2D eigenvalue weighted by Crippen LogP contribution is 2.28. The third kappa shape index (κ3) is 3.89. The Kier molecular flexibility index (Phi) is 4.66. The first-order valence-corrected chi connectivity index (χ1v) is 6.48. The summed E-state index contributed by atoms with van der Waals surface area (Å²) in [6.07, 6.45) is 0.265. The maximum Gasteiger partial charge on any atom is 0.228 e. The van der Waals surface area contributed by atoms with Crippen LogP contribution in [0.25, 0.3) is 0 Å². The van der Waals surface area contributed by atoms with Gasteiger partial charge >= 0.3 is 0 Å². The molecule has 0 heterocycles. The summed E-state index contributed by atoms with van der Waals surface area (Å²) in [4.78, 5) is 12.1. The van der Waals surface area contributed by atoms with Crippen LogP contribution in [-0.2, 0) is 11.2 Å². The molecule has 0 fully saturated rings. The summed E-state index contributed by atoms with van der Waals surface area (Å²) >= 11 is 0. The molecule has 0 aliphatic heterocycles. The Morgan fingerprint density at radius 3 is 2.43 bits per heavy atom. The molecule has 5 nitrogen and oxygen atoms in total. The van der Waals surface area contributed by atoms with E-state index in [0.717, 1.165) is 5.56 Å². The largest absolute Gasteiger partial charge is 0.497 e. The van der Waals surface area contributed by atoms with E-state index in [2.05, 4.69) is 5.32 Å². The van der Waals surface area contributed by atoms with Crippen molar-refractivity contribution in [3.8, 4) is 11.5 Å². The number of ether oxygens (including phenoxy) is 2. The number of rotatable bonds is 5. The minimum Gasteiger partial charge on any atom is -0.497 e. The van der Waals surface area contributed by atoms with E-state index in [4.69, 9.17) is 15.2 Å². The number of carbonyl (C=O) groups is 1. The van der Waals surface area contributed by atoms with E-state index in [1.807, 2.05) is 12.1 Å². The Hall–Kier alpha value is -2.69. The van der Waals surface area contributed by atoms with Crippen LogP contribution in [0.2, 0.25) is 0 Å². The van der Waals surface area contributed by atoms with Gasteiger partial charge in [-0.2, -0.15) is 0 Å². The second-order valence-corrected chi connectivity index (χ2v) is 4.53. The van der Waals surface area contributed by atoms with Crippen LogP contribution in [0.3, 0.4) is 0 Å². The van der Waals surface area contributed by atoms with Crippen LogP contribution in [0.4, 0.5) is 11.4 Å². The normalized spacial score (nSPS) is 10.0. The molecule has 1 amide bonds. The monoisotopic (exact) mass is 286 g/mol. The first-order chi connectivity index (χ1) is 10.1. The molecule has 0 spiro atoms. The second-order valence-electron chi connectivity index (χ2n) is 4.53. The number of hydrogen-bond acceptors (Lipinski definition) is 4.